The van der Waals surface area contributed by atoms with Crippen LogP contribution in [0.5, 0.6) is 11.5 Å². The Labute approximate surface area is 235 Å². The lowest BCUT2D eigenvalue weighted by Gasteiger charge is -2.22. The van der Waals surface area contributed by atoms with Gasteiger partial charge in [-0.3, -0.25) is 9.59 Å². The van der Waals surface area contributed by atoms with Crippen molar-refractivity contribution in [3.05, 3.63) is 128 Å². The largest absolute Gasteiger partial charge is 0.493 e. The van der Waals surface area contributed by atoms with Crippen LogP contribution < -0.4 is 20.1 Å². The van der Waals surface area contributed by atoms with Gasteiger partial charge >= 0.3 is 0 Å². The van der Waals surface area contributed by atoms with Crippen LogP contribution in [-0.4, -0.2) is 18.9 Å². The normalized spacial score (nSPS) is 10.7. The Morgan fingerprint density at radius 3 is 1.82 bits per heavy atom. The second-order valence-corrected chi connectivity index (χ2v) is 9.46. The Kier molecular flexibility index (Phi) is 9.13. The zero-order valence-electron chi connectivity index (χ0n) is 20.2. The third kappa shape index (κ3) is 6.98. The third-order valence-corrected chi connectivity index (χ3v) is 6.50. The van der Waals surface area contributed by atoms with Crippen LogP contribution >= 0.6 is 34.8 Å². The van der Waals surface area contributed by atoms with E-state index in [9.17, 15) is 9.59 Å². The number of ether oxygens (including phenoxy) is 2. The van der Waals surface area contributed by atoms with Crippen molar-refractivity contribution >= 4 is 46.6 Å². The molecule has 0 aliphatic rings. The van der Waals surface area contributed by atoms with Gasteiger partial charge in [0.2, 0.25) is 0 Å². The molecule has 0 heterocycles. The van der Waals surface area contributed by atoms with Gasteiger partial charge in [-0.25, -0.2) is 0 Å². The average molecular weight is 570 g/mol. The molecule has 0 aliphatic carbocycles. The first-order chi connectivity index (χ1) is 18.3. The van der Waals surface area contributed by atoms with E-state index in [-0.39, 0.29) is 6.61 Å². The summed E-state index contributed by atoms with van der Waals surface area (Å²) in [5.41, 5.74) is 2.15. The van der Waals surface area contributed by atoms with Crippen molar-refractivity contribution in [3.63, 3.8) is 0 Å². The van der Waals surface area contributed by atoms with Crippen molar-refractivity contribution < 1.29 is 19.1 Å². The lowest BCUT2D eigenvalue weighted by Crippen LogP contribution is -2.41. The second-order valence-electron chi connectivity index (χ2n) is 8.18. The van der Waals surface area contributed by atoms with Crippen molar-refractivity contribution in [2.45, 2.75) is 12.8 Å². The zero-order valence-corrected chi connectivity index (χ0v) is 22.5. The minimum Gasteiger partial charge on any atom is -0.493 e. The summed E-state index contributed by atoms with van der Waals surface area (Å²) in [7, 11) is 1.51. The highest BCUT2D eigenvalue weighted by atomic mass is 35.5. The van der Waals surface area contributed by atoms with Crippen molar-refractivity contribution in [2.75, 3.05) is 7.11 Å². The van der Waals surface area contributed by atoms with Crippen molar-refractivity contribution in [2.24, 2.45) is 0 Å². The highest BCUT2D eigenvalue weighted by Crippen LogP contribution is 2.31. The maximum atomic E-state index is 13.0. The molecule has 0 saturated carbocycles. The highest BCUT2D eigenvalue weighted by Gasteiger charge is 2.21. The summed E-state index contributed by atoms with van der Waals surface area (Å²) in [5.74, 6) is 0.0891. The molecular formula is C29H23Cl3N2O4. The fourth-order valence-corrected chi connectivity index (χ4v) is 4.03. The fraction of sp³-hybridized carbons (Fsp3) is 0.103. The van der Waals surface area contributed by atoms with Crippen LogP contribution in [0.25, 0.3) is 0 Å². The minimum absolute atomic E-state index is 0.236. The number of halogens is 3. The van der Waals surface area contributed by atoms with Crippen LogP contribution in [0.4, 0.5) is 0 Å². The molecule has 2 N–H and O–H groups in total. The van der Waals surface area contributed by atoms with E-state index in [0.29, 0.717) is 43.3 Å². The van der Waals surface area contributed by atoms with E-state index in [2.05, 4.69) is 10.6 Å². The molecule has 4 rings (SSSR count). The van der Waals surface area contributed by atoms with Gasteiger partial charge in [-0.15, -0.1) is 0 Å². The van der Waals surface area contributed by atoms with Crippen LogP contribution in [0, 0.1) is 0 Å². The van der Waals surface area contributed by atoms with E-state index in [4.69, 9.17) is 44.3 Å². The SMILES string of the molecule is COc1cc(C(NC(=O)c2ccc(Cl)cc2)NC(=O)c2ccc(Cl)cc2)ccc1OCc1ccccc1Cl. The molecule has 0 spiro atoms. The smallest absolute Gasteiger partial charge is 0.253 e. The molecule has 0 saturated heterocycles. The molecule has 4 aromatic rings. The van der Waals surface area contributed by atoms with Gasteiger partial charge in [-0.2, -0.15) is 0 Å². The molecule has 0 radical (unpaired) electrons. The molecule has 0 unspecified atom stereocenters. The van der Waals surface area contributed by atoms with E-state index in [1.165, 1.54) is 7.11 Å². The van der Waals surface area contributed by atoms with Crippen LogP contribution in [0.15, 0.2) is 91.0 Å². The molecule has 4 aromatic carbocycles. The monoisotopic (exact) mass is 568 g/mol. The maximum absolute atomic E-state index is 13.0. The summed E-state index contributed by atoms with van der Waals surface area (Å²) < 4.78 is 11.5. The Morgan fingerprint density at radius 1 is 0.737 bits per heavy atom. The molecule has 0 atom stereocenters. The second kappa shape index (κ2) is 12.7. The van der Waals surface area contributed by atoms with E-state index < -0.39 is 18.0 Å². The summed E-state index contributed by atoms with van der Waals surface area (Å²) in [6.07, 6.45) is -0.895. The Hall–Kier alpha value is -3.71. The first-order valence-electron chi connectivity index (χ1n) is 11.5. The Morgan fingerprint density at radius 2 is 1.29 bits per heavy atom. The predicted octanol–water partition coefficient (Wildman–Crippen LogP) is 7.09. The number of benzene rings is 4. The molecule has 6 nitrogen and oxygen atoms in total. The topological polar surface area (TPSA) is 76.7 Å². The van der Waals surface area contributed by atoms with E-state index in [1.54, 1.807) is 72.8 Å². The standard InChI is InChI=1S/C29H23Cl3N2O4/c1-37-26-16-20(10-15-25(26)38-17-21-4-2-3-5-24(21)32)27(33-28(35)18-6-11-22(30)12-7-18)34-29(36)19-8-13-23(31)14-9-19/h2-16,27H,17H2,1H3,(H,33,35)(H,34,36). The van der Waals surface area contributed by atoms with Crippen molar-refractivity contribution in [1.29, 1.82) is 0 Å². The minimum atomic E-state index is -0.895. The van der Waals surface area contributed by atoms with Gasteiger partial charge in [0, 0.05) is 31.8 Å². The number of carbonyl (C=O) groups excluding carboxylic acids is 2. The van der Waals surface area contributed by atoms with Gasteiger partial charge in [-0.05, 0) is 72.3 Å². The van der Waals surface area contributed by atoms with Gasteiger partial charge in [-0.1, -0.05) is 59.1 Å². The molecule has 194 valence electrons. The van der Waals surface area contributed by atoms with Crippen LogP contribution in [-0.2, 0) is 6.61 Å². The Balaban J connectivity index is 1.59. The summed E-state index contributed by atoms with van der Waals surface area (Å²) in [6.45, 7) is 0.236. The van der Waals surface area contributed by atoms with Crippen LogP contribution in [0.1, 0.15) is 38.0 Å². The molecule has 0 fully saturated rings. The molecular weight excluding hydrogens is 547 g/mol. The number of hydrogen-bond donors (Lipinski definition) is 2. The summed E-state index contributed by atoms with van der Waals surface area (Å²) in [4.78, 5) is 26.0. The van der Waals surface area contributed by atoms with Gasteiger partial charge in [0.05, 0.1) is 7.11 Å². The quantitative estimate of drug-likeness (QED) is 0.211. The van der Waals surface area contributed by atoms with Gasteiger partial charge < -0.3 is 20.1 Å². The van der Waals surface area contributed by atoms with Gasteiger partial charge in [0.25, 0.3) is 11.8 Å². The molecule has 0 bridgehead atoms. The number of nitrogens with one attached hydrogen (secondary N) is 2. The van der Waals surface area contributed by atoms with Gasteiger partial charge in [0.15, 0.2) is 11.5 Å². The van der Waals surface area contributed by atoms with Crippen molar-refractivity contribution in [1.82, 2.24) is 10.6 Å². The molecule has 0 aliphatic heterocycles. The van der Waals surface area contributed by atoms with Crippen molar-refractivity contribution in [3.8, 4) is 11.5 Å². The van der Waals surface area contributed by atoms with Gasteiger partial charge in [0.1, 0.15) is 12.8 Å². The first kappa shape index (κ1) is 27.3. The number of carbonyl (C=O) groups is 2. The number of amides is 2. The molecule has 9 heteroatoms. The molecule has 0 aromatic heterocycles. The lowest BCUT2D eigenvalue weighted by molar-refractivity contribution is 0.0883. The molecule has 38 heavy (non-hydrogen) atoms. The van der Waals surface area contributed by atoms with E-state index in [0.717, 1.165) is 5.56 Å². The number of rotatable bonds is 9. The van der Waals surface area contributed by atoms with Crippen LogP contribution in [0.3, 0.4) is 0 Å². The highest BCUT2D eigenvalue weighted by molar-refractivity contribution is 6.31. The van der Waals surface area contributed by atoms with E-state index in [1.807, 2.05) is 18.2 Å². The zero-order chi connectivity index (χ0) is 27.1. The maximum Gasteiger partial charge on any atom is 0.253 e. The summed E-state index contributed by atoms with van der Waals surface area (Å²) >= 11 is 18.2. The number of hydrogen-bond acceptors (Lipinski definition) is 4. The summed E-state index contributed by atoms with van der Waals surface area (Å²) in [6, 6.07) is 25.4. The average Bonchev–Trinajstić information content (AvgIpc) is 2.92. The predicted molar refractivity (Wildman–Crippen MR) is 149 cm³/mol. The lowest BCUT2D eigenvalue weighted by atomic mass is 10.1. The first-order valence-corrected chi connectivity index (χ1v) is 12.6. The number of methoxy groups -OCH3 is 1. The van der Waals surface area contributed by atoms with E-state index >= 15 is 0 Å². The third-order valence-electron chi connectivity index (χ3n) is 5.63. The molecule has 2 amide bonds. The Bertz CT molecular complexity index is 1370. The summed E-state index contributed by atoms with van der Waals surface area (Å²) in [5, 5.41) is 7.33. The van der Waals surface area contributed by atoms with Crippen LogP contribution in [0.2, 0.25) is 15.1 Å². The fourth-order valence-electron chi connectivity index (χ4n) is 3.59.